The Morgan fingerprint density at radius 2 is 1.60 bits per heavy atom. The van der Waals surface area contributed by atoms with Crippen molar-refractivity contribution in [3.8, 4) is 5.75 Å². The van der Waals surface area contributed by atoms with Gasteiger partial charge in [0.15, 0.2) is 11.4 Å². The lowest BCUT2D eigenvalue weighted by molar-refractivity contribution is -0.176. The number of likely N-dealkylation sites (N-methyl/N-ethyl adjacent to an activating group) is 1. The number of nitrogens with zero attached hydrogens (tertiary/aromatic N) is 1. The maximum absolute atomic E-state index is 14.4. The van der Waals surface area contributed by atoms with Crippen molar-refractivity contribution in [3.05, 3.63) is 40.2 Å². The Labute approximate surface area is 251 Å². The van der Waals surface area contributed by atoms with Crippen LogP contribution in [-0.2, 0) is 20.8 Å². The zero-order valence-corrected chi connectivity index (χ0v) is 26.2. The summed E-state index contributed by atoms with van der Waals surface area (Å²) in [7, 11) is 3.16. The third-order valence-electron chi connectivity index (χ3n) is 10.1. The number of piperidine rings is 1. The van der Waals surface area contributed by atoms with Crippen LogP contribution in [0.4, 0.5) is 5.69 Å². The van der Waals surface area contributed by atoms with E-state index in [4.69, 9.17) is 5.73 Å². The molecule has 1 saturated carbocycles. The van der Waals surface area contributed by atoms with Gasteiger partial charge in [0.05, 0.1) is 17.3 Å². The van der Waals surface area contributed by atoms with Gasteiger partial charge in [-0.05, 0) is 79.1 Å². The Morgan fingerprint density at radius 1 is 1.02 bits per heavy atom. The number of carbonyl (C=O) groups is 3. The minimum absolute atomic E-state index is 0.00799. The van der Waals surface area contributed by atoms with Crippen molar-refractivity contribution < 1.29 is 34.8 Å². The van der Waals surface area contributed by atoms with Crippen molar-refractivity contribution in [2.24, 2.45) is 16.6 Å². The van der Waals surface area contributed by atoms with Crippen LogP contribution in [0.15, 0.2) is 29.0 Å². The molecule has 0 aromatic heterocycles. The van der Waals surface area contributed by atoms with Crippen molar-refractivity contribution in [1.29, 1.82) is 0 Å². The van der Waals surface area contributed by atoms with E-state index >= 15 is 0 Å². The molecule has 8 N–H and O–H groups in total. The van der Waals surface area contributed by atoms with Crippen LogP contribution in [-0.4, -0.2) is 85.7 Å². The summed E-state index contributed by atoms with van der Waals surface area (Å²) in [6, 6.07) is 2.40. The predicted octanol–water partition coefficient (Wildman–Crippen LogP) is 2.47. The van der Waals surface area contributed by atoms with Crippen LogP contribution < -0.4 is 16.4 Å². The largest absolute Gasteiger partial charge is 0.508 e. The molecule has 234 valence electrons. The van der Waals surface area contributed by atoms with Crippen LogP contribution in [0.25, 0.3) is 5.76 Å². The molecule has 1 saturated heterocycles. The van der Waals surface area contributed by atoms with E-state index < -0.39 is 57.0 Å². The average molecular weight is 597 g/mol. The Morgan fingerprint density at radius 3 is 2.14 bits per heavy atom. The van der Waals surface area contributed by atoms with Gasteiger partial charge in [-0.2, -0.15) is 0 Å². The molecule has 4 atom stereocenters. The van der Waals surface area contributed by atoms with Gasteiger partial charge in [0, 0.05) is 33.5 Å². The number of aliphatic hydroxyl groups is 3. The van der Waals surface area contributed by atoms with E-state index in [9.17, 15) is 34.8 Å². The van der Waals surface area contributed by atoms with Crippen LogP contribution >= 0.6 is 0 Å². The molecule has 2 fully saturated rings. The van der Waals surface area contributed by atoms with Gasteiger partial charge in [0.1, 0.15) is 22.8 Å². The van der Waals surface area contributed by atoms with Crippen molar-refractivity contribution in [2.75, 3.05) is 19.4 Å². The summed E-state index contributed by atoms with van der Waals surface area (Å²) in [5, 5.41) is 53.6. The van der Waals surface area contributed by atoms with Gasteiger partial charge in [0.25, 0.3) is 5.91 Å². The Balaban J connectivity index is 1.65. The third kappa shape index (κ3) is 4.30. The predicted molar refractivity (Wildman–Crippen MR) is 161 cm³/mol. The molecular formula is C32H44N4O7. The summed E-state index contributed by atoms with van der Waals surface area (Å²) >= 11 is 0. The van der Waals surface area contributed by atoms with Gasteiger partial charge in [-0.15, -0.1) is 0 Å². The molecule has 43 heavy (non-hydrogen) atoms. The van der Waals surface area contributed by atoms with Crippen molar-refractivity contribution in [2.45, 2.75) is 96.0 Å². The summed E-state index contributed by atoms with van der Waals surface area (Å²) in [6.45, 7) is 11.8. The number of fused-ring (bicyclic) bond motifs is 3. The number of phenols is 1. The van der Waals surface area contributed by atoms with E-state index in [1.165, 1.54) is 11.8 Å². The highest BCUT2D eigenvalue weighted by molar-refractivity contribution is 6.25. The van der Waals surface area contributed by atoms with E-state index in [1.807, 2.05) is 0 Å². The molecule has 1 aliphatic heterocycles. The highest BCUT2D eigenvalue weighted by Gasteiger charge is 2.72. The first kappa shape index (κ1) is 31.0. The highest BCUT2D eigenvalue weighted by atomic mass is 16.3. The summed E-state index contributed by atoms with van der Waals surface area (Å²) in [5.41, 5.74) is -0.234. The number of phenolic OH excluding ortho intramolecular Hbond substituents is 1. The minimum Gasteiger partial charge on any atom is -0.508 e. The van der Waals surface area contributed by atoms with Crippen LogP contribution in [0.1, 0.15) is 71.9 Å². The first-order valence-corrected chi connectivity index (χ1v) is 14.7. The van der Waals surface area contributed by atoms with Crippen LogP contribution in [0.3, 0.4) is 0 Å². The van der Waals surface area contributed by atoms with E-state index in [-0.39, 0.29) is 46.8 Å². The lowest BCUT2D eigenvalue weighted by Gasteiger charge is -2.59. The summed E-state index contributed by atoms with van der Waals surface area (Å²) < 4.78 is 0. The van der Waals surface area contributed by atoms with E-state index in [0.717, 1.165) is 12.8 Å². The van der Waals surface area contributed by atoms with Crippen LogP contribution in [0.5, 0.6) is 5.75 Å². The first-order chi connectivity index (χ1) is 19.6. The molecule has 0 radical (unpaired) electrons. The number of aromatic hydroxyl groups is 1. The number of rotatable bonds is 4. The third-order valence-corrected chi connectivity index (χ3v) is 10.1. The number of nitrogens with one attached hydrogen (secondary N) is 2. The number of nitrogens with two attached hydrogens (primary N) is 1. The molecule has 3 aliphatic carbocycles. The van der Waals surface area contributed by atoms with Crippen molar-refractivity contribution >= 4 is 28.9 Å². The lowest BCUT2D eigenvalue weighted by atomic mass is 9.46. The summed E-state index contributed by atoms with van der Waals surface area (Å²) in [5.74, 6) is -4.95. The van der Waals surface area contributed by atoms with Gasteiger partial charge in [-0.1, -0.05) is 19.9 Å². The van der Waals surface area contributed by atoms with Crippen LogP contribution in [0.2, 0.25) is 0 Å². The van der Waals surface area contributed by atoms with E-state index in [2.05, 4.69) is 38.3 Å². The fraction of sp³-hybridized carbons (Fsp3) is 0.594. The molecule has 0 spiro atoms. The number of anilines is 1. The zero-order valence-electron chi connectivity index (χ0n) is 26.2. The van der Waals surface area contributed by atoms with Crippen molar-refractivity contribution in [1.82, 2.24) is 10.2 Å². The maximum atomic E-state index is 14.4. The second-order valence-electron chi connectivity index (χ2n) is 15.1. The molecule has 1 aromatic carbocycles. The average Bonchev–Trinajstić information content (AvgIpc) is 2.80. The fourth-order valence-corrected chi connectivity index (χ4v) is 9.07. The lowest BCUT2D eigenvalue weighted by Crippen LogP contribution is -2.72. The molecule has 4 aliphatic rings. The summed E-state index contributed by atoms with van der Waals surface area (Å²) in [6.07, 6.45) is 1.76. The normalized spacial score (nSPS) is 33.7. The molecule has 0 unspecified atom stereocenters. The first-order valence-electron chi connectivity index (χ1n) is 14.7. The zero-order chi connectivity index (χ0) is 32.2. The molecule has 1 aromatic rings. The topological polar surface area (TPSA) is 185 Å². The SMILES string of the molecule is CN(C)[C@@H]1C(=O)C(C(N)=O)=C(O)[C@@]2(O)C(=O)C3=C(O)c4c(ccc(NC5CC(C)(C)NC(C)(C)C5)c4O)C[C@@]3(C)C[C@@]12C. The van der Waals surface area contributed by atoms with E-state index in [1.54, 1.807) is 33.2 Å². The molecule has 1 heterocycles. The van der Waals surface area contributed by atoms with Crippen molar-refractivity contribution in [3.63, 3.8) is 0 Å². The van der Waals surface area contributed by atoms with Gasteiger partial charge in [-0.25, -0.2) is 0 Å². The number of primary amides is 1. The number of hydrogen-bond acceptors (Lipinski definition) is 10. The molecule has 0 bridgehead atoms. The van der Waals surface area contributed by atoms with E-state index in [0.29, 0.717) is 11.3 Å². The number of ketones is 2. The Kier molecular flexibility index (Phi) is 6.71. The standard InChI is InChI=1S/C32H44N4O7/c1-28(2)12-16(13-29(3,4)35-28)34-17-10-9-15-11-30(5)14-31(6)24(36(7)8)23(39)19(27(33)42)25(40)32(31,43)26(41)20(30)22(38)18(15)21(17)37/h9-10,16,24,34-35,37-38,40,43H,11-14H2,1-8H3,(H2,33,42)/t24-,30+,31+,32-/m1/s1. The molecular weight excluding hydrogens is 552 g/mol. The highest BCUT2D eigenvalue weighted by Crippen LogP contribution is 2.63. The number of benzene rings is 1. The number of carbonyl (C=O) groups excluding carboxylic acids is 3. The quantitative estimate of drug-likeness (QED) is 0.201. The minimum atomic E-state index is -2.74. The monoisotopic (exact) mass is 596 g/mol. The summed E-state index contributed by atoms with van der Waals surface area (Å²) in [4.78, 5) is 41.7. The molecule has 5 rings (SSSR count). The maximum Gasteiger partial charge on any atom is 0.255 e. The Hall–Kier alpha value is -3.41. The number of hydrogen-bond donors (Lipinski definition) is 7. The van der Waals surface area contributed by atoms with Gasteiger partial charge in [0.2, 0.25) is 5.78 Å². The second-order valence-corrected chi connectivity index (χ2v) is 15.1. The van der Waals surface area contributed by atoms with Gasteiger partial charge < -0.3 is 36.8 Å². The van der Waals surface area contributed by atoms with Gasteiger partial charge >= 0.3 is 0 Å². The van der Waals surface area contributed by atoms with Crippen LogP contribution in [0, 0.1) is 10.8 Å². The number of amides is 1. The van der Waals surface area contributed by atoms with Gasteiger partial charge in [-0.3, -0.25) is 19.3 Å². The molecule has 11 nitrogen and oxygen atoms in total. The molecule has 11 heteroatoms. The number of Topliss-reactive ketones (excluding diaryl/α,β-unsaturated/α-hetero) is 2. The fourth-order valence-electron chi connectivity index (χ4n) is 9.07. The Bertz CT molecular complexity index is 1510. The number of aliphatic hydroxyl groups excluding tert-OH is 2. The smallest absolute Gasteiger partial charge is 0.255 e. The molecule has 1 amide bonds. The second kappa shape index (κ2) is 9.30.